The van der Waals surface area contributed by atoms with E-state index in [1.807, 2.05) is 23.7 Å². The van der Waals surface area contributed by atoms with E-state index < -0.39 is 0 Å². The zero-order valence-electron chi connectivity index (χ0n) is 11.5. The molecule has 2 rings (SSSR count). The van der Waals surface area contributed by atoms with Crippen LogP contribution in [0.5, 0.6) is 5.75 Å². The molecule has 0 radical (unpaired) electrons. The maximum Gasteiger partial charge on any atom is 0.164 e. The molecule has 5 heteroatoms. The maximum absolute atomic E-state index is 5.71. The van der Waals surface area contributed by atoms with E-state index in [2.05, 4.69) is 34.5 Å². The quantitative estimate of drug-likeness (QED) is 0.827. The minimum Gasteiger partial charge on any atom is -0.486 e. The van der Waals surface area contributed by atoms with Crippen molar-refractivity contribution in [3.8, 4) is 5.75 Å². The molecule has 19 heavy (non-hydrogen) atoms. The van der Waals surface area contributed by atoms with Crippen LogP contribution >= 0.6 is 0 Å². The second-order valence-corrected chi connectivity index (χ2v) is 4.20. The molecule has 0 spiro atoms. The molecule has 0 bridgehead atoms. The summed E-state index contributed by atoms with van der Waals surface area (Å²) in [6, 6.07) is 8.11. The standard InChI is InChI=1S/C14H20N4O/c1-3-15-9-12-5-7-13(8-6-12)19-10-14-16-11-17-18(14)4-2/h5-8,11,15H,3-4,9-10H2,1-2H3. The smallest absolute Gasteiger partial charge is 0.164 e. The van der Waals surface area contributed by atoms with E-state index in [0.717, 1.165) is 31.2 Å². The van der Waals surface area contributed by atoms with Gasteiger partial charge in [0.15, 0.2) is 5.82 Å². The number of benzene rings is 1. The van der Waals surface area contributed by atoms with Gasteiger partial charge < -0.3 is 10.1 Å². The highest BCUT2D eigenvalue weighted by Gasteiger charge is 2.03. The lowest BCUT2D eigenvalue weighted by Crippen LogP contribution is -2.11. The molecule has 5 nitrogen and oxygen atoms in total. The normalized spacial score (nSPS) is 10.6. The van der Waals surface area contributed by atoms with Crippen molar-refractivity contribution in [2.24, 2.45) is 0 Å². The van der Waals surface area contributed by atoms with Crippen LogP contribution in [0.25, 0.3) is 0 Å². The number of aromatic nitrogens is 3. The highest BCUT2D eigenvalue weighted by molar-refractivity contribution is 5.27. The summed E-state index contributed by atoms with van der Waals surface area (Å²) in [6.07, 6.45) is 1.56. The van der Waals surface area contributed by atoms with Gasteiger partial charge in [0.25, 0.3) is 0 Å². The fraction of sp³-hybridized carbons (Fsp3) is 0.429. The van der Waals surface area contributed by atoms with Crippen LogP contribution in [-0.2, 0) is 19.7 Å². The maximum atomic E-state index is 5.71. The highest BCUT2D eigenvalue weighted by Crippen LogP contribution is 2.13. The lowest BCUT2D eigenvalue weighted by Gasteiger charge is -2.07. The lowest BCUT2D eigenvalue weighted by molar-refractivity contribution is 0.287. The van der Waals surface area contributed by atoms with E-state index in [9.17, 15) is 0 Å². The summed E-state index contributed by atoms with van der Waals surface area (Å²) in [6.45, 7) is 7.25. The first-order chi connectivity index (χ1) is 9.33. The monoisotopic (exact) mass is 260 g/mol. The molecule has 0 fully saturated rings. The van der Waals surface area contributed by atoms with Crippen molar-refractivity contribution in [3.05, 3.63) is 42.0 Å². The van der Waals surface area contributed by atoms with Gasteiger partial charge in [-0.3, -0.25) is 0 Å². The van der Waals surface area contributed by atoms with Gasteiger partial charge in [-0.15, -0.1) is 0 Å². The van der Waals surface area contributed by atoms with Gasteiger partial charge in [0, 0.05) is 13.1 Å². The van der Waals surface area contributed by atoms with Crippen LogP contribution in [0.1, 0.15) is 25.2 Å². The Bertz CT molecular complexity index is 492. The van der Waals surface area contributed by atoms with Crippen LogP contribution in [0, 0.1) is 0 Å². The first-order valence-corrected chi connectivity index (χ1v) is 6.62. The third-order valence-electron chi connectivity index (χ3n) is 2.87. The topological polar surface area (TPSA) is 52.0 Å². The number of hydrogen-bond acceptors (Lipinski definition) is 4. The Kier molecular flexibility index (Phi) is 4.92. The predicted molar refractivity (Wildman–Crippen MR) is 73.9 cm³/mol. The number of nitrogens with zero attached hydrogens (tertiary/aromatic N) is 3. The van der Waals surface area contributed by atoms with Crippen molar-refractivity contribution in [2.75, 3.05) is 6.54 Å². The molecule has 0 atom stereocenters. The van der Waals surface area contributed by atoms with Gasteiger partial charge in [0.05, 0.1) is 0 Å². The van der Waals surface area contributed by atoms with Gasteiger partial charge in [-0.2, -0.15) is 5.10 Å². The van der Waals surface area contributed by atoms with Gasteiger partial charge in [-0.1, -0.05) is 19.1 Å². The number of aryl methyl sites for hydroxylation is 1. The molecule has 0 unspecified atom stereocenters. The Morgan fingerprint density at radius 2 is 2.00 bits per heavy atom. The molecule has 0 aliphatic heterocycles. The van der Waals surface area contributed by atoms with Gasteiger partial charge in [-0.25, -0.2) is 9.67 Å². The molecular weight excluding hydrogens is 240 g/mol. The molecule has 0 aliphatic rings. The van der Waals surface area contributed by atoms with E-state index in [0.29, 0.717) is 6.61 Å². The lowest BCUT2D eigenvalue weighted by atomic mass is 10.2. The average molecular weight is 260 g/mol. The molecule has 1 N–H and O–H groups in total. The molecule has 2 aromatic rings. The number of nitrogens with one attached hydrogen (secondary N) is 1. The van der Waals surface area contributed by atoms with Crippen molar-refractivity contribution in [1.29, 1.82) is 0 Å². The summed E-state index contributed by atoms with van der Waals surface area (Å²) in [5, 5.41) is 7.40. The third kappa shape index (κ3) is 3.79. The van der Waals surface area contributed by atoms with Crippen LogP contribution in [-0.4, -0.2) is 21.3 Å². The molecule has 1 aromatic heterocycles. The highest BCUT2D eigenvalue weighted by atomic mass is 16.5. The van der Waals surface area contributed by atoms with Crippen molar-refractivity contribution in [1.82, 2.24) is 20.1 Å². The molecule has 0 amide bonds. The Morgan fingerprint density at radius 1 is 1.21 bits per heavy atom. The largest absolute Gasteiger partial charge is 0.486 e. The number of rotatable bonds is 7. The minimum absolute atomic E-state index is 0.445. The first kappa shape index (κ1) is 13.5. The van der Waals surface area contributed by atoms with Crippen molar-refractivity contribution in [2.45, 2.75) is 33.5 Å². The Hall–Kier alpha value is -1.88. The summed E-state index contributed by atoms with van der Waals surface area (Å²) in [4.78, 5) is 4.18. The van der Waals surface area contributed by atoms with E-state index in [1.165, 1.54) is 5.56 Å². The molecule has 1 aromatic carbocycles. The van der Waals surface area contributed by atoms with Crippen molar-refractivity contribution < 1.29 is 4.74 Å². The fourth-order valence-corrected chi connectivity index (χ4v) is 1.78. The van der Waals surface area contributed by atoms with Crippen LogP contribution < -0.4 is 10.1 Å². The second-order valence-electron chi connectivity index (χ2n) is 4.20. The van der Waals surface area contributed by atoms with Gasteiger partial charge in [0.2, 0.25) is 0 Å². The Labute approximate surface area is 113 Å². The molecule has 102 valence electrons. The zero-order valence-corrected chi connectivity index (χ0v) is 11.5. The van der Waals surface area contributed by atoms with Gasteiger partial charge in [-0.05, 0) is 31.2 Å². The van der Waals surface area contributed by atoms with Crippen LogP contribution in [0.3, 0.4) is 0 Å². The number of ether oxygens (including phenoxy) is 1. The van der Waals surface area contributed by atoms with Crippen molar-refractivity contribution >= 4 is 0 Å². The van der Waals surface area contributed by atoms with Crippen LogP contribution in [0.2, 0.25) is 0 Å². The summed E-state index contributed by atoms with van der Waals surface area (Å²) >= 11 is 0. The molecule has 0 saturated heterocycles. The van der Waals surface area contributed by atoms with Crippen LogP contribution in [0.4, 0.5) is 0 Å². The summed E-state index contributed by atoms with van der Waals surface area (Å²) in [7, 11) is 0. The van der Waals surface area contributed by atoms with E-state index in [1.54, 1.807) is 6.33 Å². The summed E-state index contributed by atoms with van der Waals surface area (Å²) in [5.74, 6) is 1.70. The summed E-state index contributed by atoms with van der Waals surface area (Å²) in [5.41, 5.74) is 1.26. The van der Waals surface area contributed by atoms with E-state index in [4.69, 9.17) is 4.74 Å². The molecule has 1 heterocycles. The fourth-order valence-electron chi connectivity index (χ4n) is 1.78. The second kappa shape index (κ2) is 6.89. The molecule has 0 aliphatic carbocycles. The molecular formula is C14H20N4O. The SMILES string of the molecule is CCNCc1ccc(OCc2ncnn2CC)cc1. The number of hydrogen-bond donors (Lipinski definition) is 1. The Morgan fingerprint density at radius 3 is 2.68 bits per heavy atom. The molecule has 0 saturated carbocycles. The minimum atomic E-state index is 0.445. The van der Waals surface area contributed by atoms with Gasteiger partial charge >= 0.3 is 0 Å². The first-order valence-electron chi connectivity index (χ1n) is 6.62. The zero-order chi connectivity index (χ0) is 13.5. The van der Waals surface area contributed by atoms with Gasteiger partial charge in [0.1, 0.15) is 18.7 Å². The average Bonchev–Trinajstić information content (AvgIpc) is 2.91. The predicted octanol–water partition coefficient (Wildman–Crippen LogP) is 1.99. The summed E-state index contributed by atoms with van der Waals surface area (Å²) < 4.78 is 7.54. The third-order valence-corrected chi connectivity index (χ3v) is 2.87. The van der Waals surface area contributed by atoms with E-state index >= 15 is 0 Å². The van der Waals surface area contributed by atoms with E-state index in [-0.39, 0.29) is 0 Å². The van der Waals surface area contributed by atoms with Crippen LogP contribution in [0.15, 0.2) is 30.6 Å². The Balaban J connectivity index is 1.89. The van der Waals surface area contributed by atoms with Crippen molar-refractivity contribution in [3.63, 3.8) is 0 Å².